The number of aromatic amines is 1. The summed E-state index contributed by atoms with van der Waals surface area (Å²) >= 11 is 0. The predicted molar refractivity (Wildman–Crippen MR) is 113 cm³/mol. The van der Waals surface area contributed by atoms with E-state index in [1.54, 1.807) is 0 Å². The van der Waals surface area contributed by atoms with Crippen molar-refractivity contribution in [3.63, 3.8) is 0 Å². The van der Waals surface area contributed by atoms with Crippen LogP contribution in [0.5, 0.6) is 0 Å². The zero-order chi connectivity index (χ0) is 20.0. The zero-order valence-electron chi connectivity index (χ0n) is 16.8. The standard InChI is InChI=1S/C24H28N2O3/c1-16(18-7-8-21-22(9-18)29-23(27)25-21)13-26-14-19-11-24(28,12-20(19)15-26)10-17-5-3-2-4-6-17/h2-9,16,19-20,28H,10-15H2,1H3,(H,25,27)/t16?,19-,20+,24?. The molecule has 2 heterocycles. The predicted octanol–water partition coefficient (Wildman–Crippen LogP) is 3.54. The number of nitrogens with one attached hydrogen (secondary N) is 1. The number of benzene rings is 2. The topological polar surface area (TPSA) is 69.5 Å². The second kappa shape index (κ2) is 7.15. The van der Waals surface area contributed by atoms with Gasteiger partial charge in [0.2, 0.25) is 0 Å². The van der Waals surface area contributed by atoms with E-state index in [2.05, 4.69) is 35.0 Å². The van der Waals surface area contributed by atoms with Crippen molar-refractivity contribution < 1.29 is 9.52 Å². The molecule has 2 fully saturated rings. The first-order chi connectivity index (χ1) is 14.0. The van der Waals surface area contributed by atoms with E-state index in [0.717, 1.165) is 44.4 Å². The van der Waals surface area contributed by atoms with Crippen LogP contribution in [-0.2, 0) is 6.42 Å². The molecule has 2 aromatic carbocycles. The van der Waals surface area contributed by atoms with Gasteiger partial charge >= 0.3 is 5.76 Å². The van der Waals surface area contributed by atoms with Crippen molar-refractivity contribution in [3.05, 3.63) is 70.2 Å². The number of aromatic nitrogens is 1. The summed E-state index contributed by atoms with van der Waals surface area (Å²) in [6.45, 7) is 5.34. The van der Waals surface area contributed by atoms with E-state index in [0.29, 0.717) is 23.3 Å². The number of nitrogens with zero attached hydrogens (tertiary/aromatic N) is 1. The molecule has 1 saturated carbocycles. The smallest absolute Gasteiger partial charge is 0.408 e. The van der Waals surface area contributed by atoms with Gasteiger partial charge in [0.15, 0.2) is 5.58 Å². The van der Waals surface area contributed by atoms with Gasteiger partial charge in [0.25, 0.3) is 0 Å². The molecule has 0 amide bonds. The molecule has 152 valence electrons. The third-order valence-electron chi connectivity index (χ3n) is 6.86. The van der Waals surface area contributed by atoms with Crippen LogP contribution in [0.1, 0.15) is 36.8 Å². The van der Waals surface area contributed by atoms with Crippen LogP contribution < -0.4 is 5.76 Å². The highest BCUT2D eigenvalue weighted by Crippen LogP contribution is 2.45. The number of oxazole rings is 1. The minimum atomic E-state index is -0.550. The minimum absolute atomic E-state index is 0.363. The van der Waals surface area contributed by atoms with Crippen LogP contribution in [0.3, 0.4) is 0 Å². The van der Waals surface area contributed by atoms with Crippen LogP contribution in [0.15, 0.2) is 57.7 Å². The average Bonchev–Trinajstić information content (AvgIpc) is 3.31. The van der Waals surface area contributed by atoms with E-state index in [1.165, 1.54) is 11.1 Å². The molecule has 4 atom stereocenters. The lowest BCUT2D eigenvalue weighted by Gasteiger charge is -2.27. The fourth-order valence-corrected chi connectivity index (χ4v) is 5.59. The van der Waals surface area contributed by atoms with Crippen LogP contribution in [0.4, 0.5) is 0 Å². The summed E-state index contributed by atoms with van der Waals surface area (Å²) in [5, 5.41) is 11.1. The van der Waals surface area contributed by atoms with Gasteiger partial charge in [0, 0.05) is 26.1 Å². The van der Waals surface area contributed by atoms with Crippen LogP contribution in [0.2, 0.25) is 0 Å². The molecule has 5 heteroatoms. The highest BCUT2D eigenvalue weighted by molar-refractivity contribution is 5.72. The third-order valence-corrected chi connectivity index (χ3v) is 6.86. The van der Waals surface area contributed by atoms with E-state index >= 15 is 0 Å². The average molecular weight is 392 g/mol. The molecule has 2 aliphatic rings. The lowest BCUT2D eigenvalue weighted by atomic mass is 9.91. The summed E-state index contributed by atoms with van der Waals surface area (Å²) < 4.78 is 5.21. The summed E-state index contributed by atoms with van der Waals surface area (Å²) in [6, 6.07) is 16.3. The van der Waals surface area contributed by atoms with Gasteiger partial charge in [-0.1, -0.05) is 43.3 Å². The molecule has 0 bridgehead atoms. The Balaban J connectivity index is 1.20. The minimum Gasteiger partial charge on any atom is -0.408 e. The molecule has 5 nitrogen and oxygen atoms in total. The van der Waals surface area contributed by atoms with Crippen molar-refractivity contribution in [3.8, 4) is 0 Å². The quantitative estimate of drug-likeness (QED) is 0.697. The van der Waals surface area contributed by atoms with Gasteiger partial charge in [0.1, 0.15) is 0 Å². The highest BCUT2D eigenvalue weighted by Gasteiger charge is 2.48. The maximum Gasteiger partial charge on any atom is 0.417 e. The van der Waals surface area contributed by atoms with E-state index in [9.17, 15) is 9.90 Å². The van der Waals surface area contributed by atoms with Crippen LogP contribution in [0, 0.1) is 11.8 Å². The molecule has 1 aliphatic heterocycles. The van der Waals surface area contributed by atoms with E-state index in [-0.39, 0.29) is 0 Å². The monoisotopic (exact) mass is 392 g/mol. The van der Waals surface area contributed by atoms with Gasteiger partial charge in [-0.05, 0) is 53.9 Å². The molecule has 5 rings (SSSR count). The zero-order valence-corrected chi connectivity index (χ0v) is 16.8. The number of hydrogen-bond acceptors (Lipinski definition) is 4. The van der Waals surface area contributed by atoms with Gasteiger partial charge in [-0.15, -0.1) is 0 Å². The number of aliphatic hydroxyl groups is 1. The summed E-state index contributed by atoms with van der Waals surface area (Å²) in [5.41, 5.74) is 3.25. The van der Waals surface area contributed by atoms with E-state index < -0.39 is 11.4 Å². The lowest BCUT2D eigenvalue weighted by molar-refractivity contribution is 0.0353. The Labute approximate surface area is 170 Å². The summed E-state index contributed by atoms with van der Waals surface area (Å²) in [6.07, 6.45) is 2.56. The van der Waals surface area contributed by atoms with Gasteiger partial charge in [-0.25, -0.2) is 4.79 Å². The summed E-state index contributed by atoms with van der Waals surface area (Å²) in [7, 11) is 0. The largest absolute Gasteiger partial charge is 0.417 e. The third kappa shape index (κ3) is 3.77. The number of rotatable bonds is 5. The lowest BCUT2D eigenvalue weighted by Crippen LogP contribution is -2.33. The number of fused-ring (bicyclic) bond motifs is 2. The molecule has 2 unspecified atom stereocenters. The van der Waals surface area contributed by atoms with Gasteiger partial charge < -0.3 is 14.4 Å². The Morgan fingerprint density at radius 2 is 1.90 bits per heavy atom. The molecule has 2 N–H and O–H groups in total. The SMILES string of the molecule is CC(CN1C[C@@H]2CC(O)(Cc3ccccc3)C[C@@H]2C1)c1ccc2[nH]c(=O)oc2c1. The summed E-state index contributed by atoms with van der Waals surface area (Å²) in [4.78, 5) is 16.6. The molecular weight excluding hydrogens is 364 g/mol. The molecule has 1 aromatic heterocycles. The maximum absolute atomic E-state index is 11.4. The molecule has 0 radical (unpaired) electrons. The van der Waals surface area contributed by atoms with Crippen molar-refractivity contribution in [2.45, 2.75) is 37.7 Å². The van der Waals surface area contributed by atoms with Crippen LogP contribution in [-0.4, -0.2) is 40.2 Å². The Bertz CT molecular complexity index is 1040. The van der Waals surface area contributed by atoms with Crippen molar-refractivity contribution in [1.29, 1.82) is 0 Å². The first kappa shape index (κ1) is 18.6. The van der Waals surface area contributed by atoms with Gasteiger partial charge in [-0.2, -0.15) is 0 Å². The fourth-order valence-electron chi connectivity index (χ4n) is 5.59. The first-order valence-electron chi connectivity index (χ1n) is 10.6. The number of likely N-dealkylation sites (tertiary alicyclic amines) is 1. The van der Waals surface area contributed by atoms with Gasteiger partial charge in [-0.3, -0.25) is 4.98 Å². The van der Waals surface area contributed by atoms with Crippen molar-refractivity contribution in [1.82, 2.24) is 9.88 Å². The molecule has 1 saturated heterocycles. The highest BCUT2D eigenvalue weighted by atomic mass is 16.4. The Kier molecular flexibility index (Phi) is 4.60. The molecule has 1 aliphatic carbocycles. The van der Waals surface area contributed by atoms with Crippen LogP contribution in [0.25, 0.3) is 11.1 Å². The molecule has 29 heavy (non-hydrogen) atoms. The maximum atomic E-state index is 11.4. The molecular formula is C24H28N2O3. The Morgan fingerprint density at radius 3 is 2.62 bits per heavy atom. The molecule has 0 spiro atoms. The van der Waals surface area contributed by atoms with Gasteiger partial charge in [0.05, 0.1) is 11.1 Å². The number of hydrogen-bond donors (Lipinski definition) is 2. The van der Waals surface area contributed by atoms with E-state index in [4.69, 9.17) is 4.42 Å². The second-order valence-corrected chi connectivity index (χ2v) is 9.20. The van der Waals surface area contributed by atoms with E-state index in [1.807, 2.05) is 30.3 Å². The summed E-state index contributed by atoms with van der Waals surface area (Å²) in [5.74, 6) is 1.13. The van der Waals surface area contributed by atoms with Crippen molar-refractivity contribution >= 4 is 11.1 Å². The number of H-pyrrole nitrogens is 1. The fraction of sp³-hybridized carbons (Fsp3) is 0.458. The first-order valence-corrected chi connectivity index (χ1v) is 10.6. The van der Waals surface area contributed by atoms with Crippen molar-refractivity contribution in [2.24, 2.45) is 11.8 Å². The second-order valence-electron chi connectivity index (χ2n) is 9.20. The van der Waals surface area contributed by atoms with Crippen LogP contribution >= 0.6 is 0 Å². The van der Waals surface area contributed by atoms with Crippen molar-refractivity contribution in [2.75, 3.05) is 19.6 Å². The molecule has 3 aromatic rings. The normalized spacial score (nSPS) is 28.1. The Hall–Kier alpha value is -2.37. The Morgan fingerprint density at radius 1 is 1.17 bits per heavy atom.